The Bertz CT molecular complexity index is 441. The number of aliphatic imine (C=N–C) groups is 1. The first-order valence-electron chi connectivity index (χ1n) is 4.39. The molecule has 0 aliphatic heterocycles. The number of hydrogen-bond acceptors (Lipinski definition) is 3. The molecule has 0 spiro atoms. The Morgan fingerprint density at radius 3 is 2.38 bits per heavy atom. The van der Waals surface area contributed by atoms with Crippen LogP contribution < -0.4 is 0 Å². The number of hydrogen-bond donors (Lipinski definition) is 0. The van der Waals surface area contributed by atoms with Crippen molar-refractivity contribution >= 4 is 6.08 Å². The molecule has 0 bridgehead atoms. The highest BCUT2D eigenvalue weighted by Crippen LogP contribution is 2.32. The molecule has 0 unspecified atom stereocenters. The lowest BCUT2D eigenvalue weighted by atomic mass is 10.0. The van der Waals surface area contributed by atoms with Gasteiger partial charge in [0.25, 0.3) is 0 Å². The first-order chi connectivity index (χ1) is 7.18. The van der Waals surface area contributed by atoms with E-state index >= 15 is 0 Å². The Morgan fingerprint density at radius 2 is 2.00 bits per heavy atom. The minimum atomic E-state index is -4.50. The fraction of sp³-hybridized carbons (Fsp3) is 0.556. The molecule has 88 valence electrons. The molecule has 0 N–H and O–H groups in total. The van der Waals surface area contributed by atoms with Crippen molar-refractivity contribution in [2.45, 2.75) is 25.6 Å². The fourth-order valence-electron chi connectivity index (χ4n) is 1.35. The molecule has 0 fully saturated rings. The largest absolute Gasteiger partial charge is 0.435 e. The van der Waals surface area contributed by atoms with Crippen LogP contribution in [0, 0.1) is 0 Å². The smallest absolute Gasteiger partial charge is 0.270 e. The summed E-state index contributed by atoms with van der Waals surface area (Å²) < 4.78 is 38.2. The molecule has 16 heavy (non-hydrogen) atoms. The van der Waals surface area contributed by atoms with Crippen LogP contribution in [0.4, 0.5) is 13.2 Å². The van der Waals surface area contributed by atoms with Crippen LogP contribution >= 0.6 is 0 Å². The van der Waals surface area contributed by atoms with Gasteiger partial charge in [0.15, 0.2) is 5.69 Å². The highest BCUT2D eigenvalue weighted by atomic mass is 19.4. The van der Waals surface area contributed by atoms with Gasteiger partial charge in [-0.2, -0.15) is 23.3 Å². The summed E-state index contributed by atoms with van der Waals surface area (Å²) in [5.74, 6) is 0. The van der Waals surface area contributed by atoms with Gasteiger partial charge >= 0.3 is 6.18 Å². The standard InChI is InChI=1S/C9H10F3N3O/c1-8(2,13-5-16)7-4-6(9(10,11)12)14-15(7)3/h4H,1-3H3. The molecule has 0 atom stereocenters. The molecular formula is C9H10F3N3O. The van der Waals surface area contributed by atoms with E-state index in [0.717, 1.165) is 10.7 Å². The minimum Gasteiger partial charge on any atom is -0.270 e. The van der Waals surface area contributed by atoms with Crippen LogP contribution in [0.5, 0.6) is 0 Å². The lowest BCUT2D eigenvalue weighted by molar-refractivity contribution is -0.141. The van der Waals surface area contributed by atoms with Crippen molar-refractivity contribution in [2.75, 3.05) is 0 Å². The van der Waals surface area contributed by atoms with Crippen molar-refractivity contribution in [1.82, 2.24) is 9.78 Å². The first kappa shape index (κ1) is 12.4. The third-order valence-corrected chi connectivity index (χ3v) is 2.12. The van der Waals surface area contributed by atoms with Gasteiger partial charge in [0, 0.05) is 7.05 Å². The minimum absolute atomic E-state index is 0.197. The predicted octanol–water partition coefficient (Wildman–Crippen LogP) is 2.01. The van der Waals surface area contributed by atoms with Crippen LogP contribution in [-0.2, 0) is 23.6 Å². The maximum Gasteiger partial charge on any atom is 0.435 e. The van der Waals surface area contributed by atoms with E-state index in [0.29, 0.717) is 0 Å². The number of nitrogens with zero attached hydrogens (tertiary/aromatic N) is 3. The molecule has 1 aromatic heterocycles. The average Bonchev–Trinajstić information content (AvgIpc) is 2.46. The van der Waals surface area contributed by atoms with Crippen LogP contribution in [0.3, 0.4) is 0 Å². The Morgan fingerprint density at radius 1 is 1.44 bits per heavy atom. The number of aryl methyl sites for hydroxylation is 1. The molecule has 1 heterocycles. The maximum atomic E-state index is 12.4. The monoisotopic (exact) mass is 233 g/mol. The Kier molecular flexibility index (Phi) is 2.92. The lowest BCUT2D eigenvalue weighted by Crippen LogP contribution is -2.18. The van der Waals surface area contributed by atoms with Crippen LogP contribution in [0.1, 0.15) is 25.2 Å². The van der Waals surface area contributed by atoms with E-state index in [-0.39, 0.29) is 5.69 Å². The third kappa shape index (κ3) is 2.30. The van der Waals surface area contributed by atoms with E-state index in [9.17, 15) is 18.0 Å². The van der Waals surface area contributed by atoms with Gasteiger partial charge in [-0.15, -0.1) is 0 Å². The molecular weight excluding hydrogens is 223 g/mol. The first-order valence-corrected chi connectivity index (χ1v) is 4.39. The van der Waals surface area contributed by atoms with Crippen molar-refractivity contribution in [2.24, 2.45) is 12.0 Å². The fourth-order valence-corrected chi connectivity index (χ4v) is 1.35. The Balaban J connectivity index is 3.27. The molecule has 0 aromatic carbocycles. The molecule has 4 nitrogen and oxygen atoms in total. The number of halogens is 3. The van der Waals surface area contributed by atoms with Gasteiger partial charge in [0.05, 0.1) is 5.69 Å². The molecule has 0 radical (unpaired) electrons. The maximum absolute atomic E-state index is 12.4. The second-order valence-corrected chi connectivity index (χ2v) is 3.80. The van der Waals surface area contributed by atoms with Gasteiger partial charge in [0.1, 0.15) is 5.54 Å². The molecule has 0 amide bonds. The molecule has 0 aliphatic rings. The number of carbonyl (C=O) groups excluding carboxylic acids is 1. The molecule has 1 aromatic rings. The van der Waals surface area contributed by atoms with E-state index < -0.39 is 17.4 Å². The van der Waals surface area contributed by atoms with Crippen LogP contribution in [0.25, 0.3) is 0 Å². The zero-order valence-corrected chi connectivity index (χ0v) is 8.96. The summed E-state index contributed by atoms with van der Waals surface area (Å²) in [5.41, 5.74) is -1.88. The van der Waals surface area contributed by atoms with E-state index in [1.165, 1.54) is 27.0 Å². The van der Waals surface area contributed by atoms with Gasteiger partial charge in [0.2, 0.25) is 6.08 Å². The SMILES string of the molecule is Cn1nc(C(F)(F)F)cc1C(C)(C)N=C=O. The van der Waals surface area contributed by atoms with Crippen LogP contribution in [0.15, 0.2) is 11.1 Å². The van der Waals surface area contributed by atoms with Crippen LogP contribution in [-0.4, -0.2) is 15.9 Å². The summed E-state index contributed by atoms with van der Waals surface area (Å²) in [6.07, 6.45) is -3.17. The summed E-state index contributed by atoms with van der Waals surface area (Å²) in [5, 5.41) is 3.33. The highest BCUT2D eigenvalue weighted by molar-refractivity contribution is 5.36. The summed E-state index contributed by atoms with van der Waals surface area (Å²) >= 11 is 0. The zero-order chi connectivity index (χ0) is 12.6. The van der Waals surface area contributed by atoms with E-state index in [2.05, 4.69) is 10.1 Å². The van der Waals surface area contributed by atoms with Crippen molar-refractivity contribution in [3.8, 4) is 0 Å². The summed E-state index contributed by atoms with van der Waals surface area (Å²) in [6, 6.07) is 0.876. The van der Waals surface area contributed by atoms with E-state index in [1.807, 2.05) is 0 Å². The van der Waals surface area contributed by atoms with Crippen molar-refractivity contribution in [3.05, 3.63) is 17.5 Å². The number of alkyl halides is 3. The molecule has 0 aliphatic carbocycles. The quantitative estimate of drug-likeness (QED) is 0.579. The predicted molar refractivity (Wildman–Crippen MR) is 49.4 cm³/mol. The Labute approximate surface area is 89.8 Å². The van der Waals surface area contributed by atoms with Crippen molar-refractivity contribution in [3.63, 3.8) is 0 Å². The molecule has 0 saturated carbocycles. The second-order valence-electron chi connectivity index (χ2n) is 3.80. The lowest BCUT2D eigenvalue weighted by Gasteiger charge is -2.16. The van der Waals surface area contributed by atoms with Gasteiger partial charge in [-0.25, -0.2) is 4.79 Å². The van der Waals surface area contributed by atoms with Gasteiger partial charge in [-0.05, 0) is 19.9 Å². The average molecular weight is 233 g/mol. The highest BCUT2D eigenvalue weighted by Gasteiger charge is 2.36. The van der Waals surface area contributed by atoms with Gasteiger partial charge < -0.3 is 0 Å². The molecule has 7 heteroatoms. The zero-order valence-electron chi connectivity index (χ0n) is 8.96. The van der Waals surface area contributed by atoms with E-state index in [1.54, 1.807) is 0 Å². The van der Waals surface area contributed by atoms with E-state index in [4.69, 9.17) is 0 Å². The van der Waals surface area contributed by atoms with Gasteiger partial charge in [-0.1, -0.05) is 0 Å². The topological polar surface area (TPSA) is 47.2 Å². The van der Waals surface area contributed by atoms with Crippen molar-refractivity contribution in [1.29, 1.82) is 0 Å². The van der Waals surface area contributed by atoms with Crippen molar-refractivity contribution < 1.29 is 18.0 Å². The number of isocyanates is 1. The normalized spacial score (nSPS) is 12.4. The summed E-state index contributed by atoms with van der Waals surface area (Å²) in [4.78, 5) is 13.6. The molecule has 0 saturated heterocycles. The molecule has 1 rings (SSSR count). The second kappa shape index (κ2) is 3.75. The number of aromatic nitrogens is 2. The van der Waals surface area contributed by atoms with Crippen LogP contribution in [0.2, 0.25) is 0 Å². The summed E-state index contributed by atoms with van der Waals surface area (Å²) in [6.45, 7) is 3.02. The van der Waals surface area contributed by atoms with Gasteiger partial charge in [-0.3, -0.25) is 4.68 Å². The summed E-state index contributed by atoms with van der Waals surface area (Å²) in [7, 11) is 1.37. The third-order valence-electron chi connectivity index (χ3n) is 2.12. The Hall–Kier alpha value is -1.62. The number of rotatable bonds is 2.